The number of rotatable bonds is 7. The number of aryl methyl sites for hydroxylation is 1. The van der Waals surface area contributed by atoms with Crippen molar-refractivity contribution in [1.29, 1.82) is 0 Å². The van der Waals surface area contributed by atoms with Gasteiger partial charge in [0.05, 0.1) is 11.8 Å². The van der Waals surface area contributed by atoms with Crippen LogP contribution in [-0.4, -0.2) is 38.8 Å². The lowest BCUT2D eigenvalue weighted by atomic mass is 10.0. The minimum absolute atomic E-state index is 0.590. The Morgan fingerprint density at radius 1 is 1.53 bits per heavy atom. The molecular formula is C10H20N4O. The highest BCUT2D eigenvalue weighted by Crippen LogP contribution is 2.05. The van der Waals surface area contributed by atoms with Gasteiger partial charge in [0.25, 0.3) is 0 Å². The van der Waals surface area contributed by atoms with Crippen LogP contribution in [0.3, 0.4) is 0 Å². The fourth-order valence-electron chi connectivity index (χ4n) is 1.20. The SMILES string of the molecule is CCC(C)(O)CNCCCn1ccnn1. The molecule has 2 N–H and O–H groups in total. The first kappa shape index (κ1) is 12.1. The molecule has 1 unspecified atom stereocenters. The molecule has 1 aromatic rings. The molecule has 1 rings (SSSR count). The average Bonchev–Trinajstić information content (AvgIpc) is 2.70. The number of nitrogens with one attached hydrogen (secondary N) is 1. The van der Waals surface area contributed by atoms with Crippen LogP contribution >= 0.6 is 0 Å². The molecule has 0 radical (unpaired) electrons. The normalized spacial score (nSPS) is 15.1. The summed E-state index contributed by atoms with van der Waals surface area (Å²) >= 11 is 0. The second-order valence-electron chi connectivity index (χ2n) is 4.05. The van der Waals surface area contributed by atoms with Gasteiger partial charge in [-0.2, -0.15) is 0 Å². The Bertz CT molecular complexity index is 258. The van der Waals surface area contributed by atoms with Gasteiger partial charge in [-0.15, -0.1) is 5.10 Å². The molecular weight excluding hydrogens is 192 g/mol. The predicted molar refractivity (Wildman–Crippen MR) is 58.4 cm³/mol. The molecule has 0 saturated heterocycles. The van der Waals surface area contributed by atoms with Gasteiger partial charge in [0.2, 0.25) is 0 Å². The molecule has 5 heteroatoms. The molecule has 0 amide bonds. The molecule has 1 aromatic heterocycles. The highest BCUT2D eigenvalue weighted by molar-refractivity contribution is 4.73. The van der Waals surface area contributed by atoms with Gasteiger partial charge < -0.3 is 10.4 Å². The third-order valence-corrected chi connectivity index (χ3v) is 2.48. The Hall–Kier alpha value is -0.940. The number of hydrogen-bond acceptors (Lipinski definition) is 4. The van der Waals surface area contributed by atoms with E-state index in [2.05, 4.69) is 15.6 Å². The van der Waals surface area contributed by atoms with E-state index in [-0.39, 0.29) is 0 Å². The van der Waals surface area contributed by atoms with Crippen LogP contribution in [0, 0.1) is 0 Å². The first-order valence-electron chi connectivity index (χ1n) is 5.41. The van der Waals surface area contributed by atoms with Gasteiger partial charge >= 0.3 is 0 Å². The topological polar surface area (TPSA) is 63.0 Å². The lowest BCUT2D eigenvalue weighted by Crippen LogP contribution is -2.37. The number of nitrogens with zero attached hydrogens (tertiary/aromatic N) is 3. The van der Waals surface area contributed by atoms with Crippen LogP contribution in [0.15, 0.2) is 12.4 Å². The number of aromatic nitrogens is 3. The van der Waals surface area contributed by atoms with Gasteiger partial charge in [0, 0.05) is 19.3 Å². The molecule has 86 valence electrons. The molecule has 15 heavy (non-hydrogen) atoms. The molecule has 0 spiro atoms. The van der Waals surface area contributed by atoms with Crippen LogP contribution in [-0.2, 0) is 6.54 Å². The Labute approximate surface area is 90.5 Å². The van der Waals surface area contributed by atoms with Crippen molar-refractivity contribution in [3.8, 4) is 0 Å². The van der Waals surface area contributed by atoms with Crippen LogP contribution in [0.5, 0.6) is 0 Å². The summed E-state index contributed by atoms with van der Waals surface area (Å²) in [5, 5.41) is 20.5. The van der Waals surface area contributed by atoms with E-state index in [1.807, 2.05) is 20.0 Å². The smallest absolute Gasteiger partial charge is 0.0740 e. The average molecular weight is 212 g/mol. The van der Waals surface area contributed by atoms with Crippen molar-refractivity contribution >= 4 is 0 Å². The van der Waals surface area contributed by atoms with Gasteiger partial charge in [-0.1, -0.05) is 12.1 Å². The standard InChI is InChI=1S/C10H20N4O/c1-3-10(2,15)9-11-5-4-7-14-8-6-12-13-14/h6,8,11,15H,3-5,7,9H2,1-2H3. The second kappa shape index (κ2) is 5.82. The number of aliphatic hydroxyl groups is 1. The van der Waals surface area contributed by atoms with Crippen molar-refractivity contribution in [2.75, 3.05) is 13.1 Å². The summed E-state index contributed by atoms with van der Waals surface area (Å²) in [5.74, 6) is 0. The zero-order valence-corrected chi connectivity index (χ0v) is 9.48. The van der Waals surface area contributed by atoms with E-state index >= 15 is 0 Å². The maximum Gasteiger partial charge on any atom is 0.0740 e. The zero-order chi connectivity index (χ0) is 11.1. The molecule has 0 aliphatic rings. The monoisotopic (exact) mass is 212 g/mol. The van der Waals surface area contributed by atoms with Crippen molar-refractivity contribution in [2.45, 2.75) is 38.8 Å². The molecule has 1 atom stereocenters. The minimum Gasteiger partial charge on any atom is -0.389 e. The summed E-state index contributed by atoms with van der Waals surface area (Å²) in [5.41, 5.74) is -0.590. The summed E-state index contributed by atoms with van der Waals surface area (Å²) in [7, 11) is 0. The van der Waals surface area contributed by atoms with E-state index in [9.17, 15) is 5.11 Å². The third-order valence-electron chi connectivity index (χ3n) is 2.48. The maximum atomic E-state index is 9.72. The fraction of sp³-hybridized carbons (Fsp3) is 0.800. The van der Waals surface area contributed by atoms with Crippen molar-refractivity contribution in [3.63, 3.8) is 0 Å². The van der Waals surface area contributed by atoms with Crippen molar-refractivity contribution in [2.24, 2.45) is 0 Å². The largest absolute Gasteiger partial charge is 0.389 e. The molecule has 0 fully saturated rings. The van der Waals surface area contributed by atoms with Gasteiger partial charge in [-0.25, -0.2) is 0 Å². The second-order valence-corrected chi connectivity index (χ2v) is 4.05. The lowest BCUT2D eigenvalue weighted by Gasteiger charge is -2.21. The van der Waals surface area contributed by atoms with Gasteiger partial charge in [-0.05, 0) is 26.3 Å². The summed E-state index contributed by atoms with van der Waals surface area (Å²) in [4.78, 5) is 0. The summed E-state index contributed by atoms with van der Waals surface area (Å²) in [6.07, 6.45) is 5.28. The van der Waals surface area contributed by atoms with Gasteiger partial charge in [0.15, 0.2) is 0 Å². The van der Waals surface area contributed by atoms with Gasteiger partial charge in [0.1, 0.15) is 0 Å². The third kappa shape index (κ3) is 4.90. The maximum absolute atomic E-state index is 9.72. The van der Waals surface area contributed by atoms with Crippen LogP contribution in [0.25, 0.3) is 0 Å². The van der Waals surface area contributed by atoms with E-state index < -0.39 is 5.60 Å². The van der Waals surface area contributed by atoms with Crippen LogP contribution < -0.4 is 5.32 Å². The summed E-state index contributed by atoms with van der Waals surface area (Å²) in [6, 6.07) is 0. The van der Waals surface area contributed by atoms with Crippen LogP contribution in [0.1, 0.15) is 26.7 Å². The minimum atomic E-state index is -0.590. The first-order valence-corrected chi connectivity index (χ1v) is 5.41. The van der Waals surface area contributed by atoms with E-state index in [0.29, 0.717) is 6.54 Å². The van der Waals surface area contributed by atoms with E-state index in [0.717, 1.165) is 25.9 Å². The van der Waals surface area contributed by atoms with E-state index in [1.165, 1.54) is 0 Å². The Morgan fingerprint density at radius 3 is 2.93 bits per heavy atom. The van der Waals surface area contributed by atoms with Crippen LogP contribution in [0.4, 0.5) is 0 Å². The van der Waals surface area contributed by atoms with Crippen molar-refractivity contribution in [1.82, 2.24) is 20.3 Å². The number of hydrogen-bond donors (Lipinski definition) is 2. The highest BCUT2D eigenvalue weighted by Gasteiger charge is 2.15. The van der Waals surface area contributed by atoms with Gasteiger partial charge in [-0.3, -0.25) is 4.68 Å². The molecule has 0 aliphatic heterocycles. The molecule has 0 bridgehead atoms. The first-order chi connectivity index (χ1) is 7.14. The fourth-order valence-corrected chi connectivity index (χ4v) is 1.20. The molecule has 1 heterocycles. The van der Waals surface area contributed by atoms with E-state index in [4.69, 9.17) is 0 Å². The molecule has 0 aromatic carbocycles. The molecule has 0 aliphatic carbocycles. The quantitative estimate of drug-likeness (QED) is 0.643. The van der Waals surface area contributed by atoms with Crippen LogP contribution in [0.2, 0.25) is 0 Å². The Kier molecular flexibility index (Phi) is 4.71. The summed E-state index contributed by atoms with van der Waals surface area (Å²) < 4.78 is 1.81. The predicted octanol–water partition coefficient (Wildman–Crippen LogP) is 0.419. The summed E-state index contributed by atoms with van der Waals surface area (Å²) in [6.45, 7) is 6.21. The molecule has 0 saturated carbocycles. The Morgan fingerprint density at radius 2 is 2.33 bits per heavy atom. The van der Waals surface area contributed by atoms with Crippen molar-refractivity contribution < 1.29 is 5.11 Å². The Balaban J connectivity index is 2.03. The molecule has 5 nitrogen and oxygen atoms in total. The highest BCUT2D eigenvalue weighted by atomic mass is 16.3. The lowest BCUT2D eigenvalue weighted by molar-refractivity contribution is 0.0559. The zero-order valence-electron chi connectivity index (χ0n) is 9.48. The van der Waals surface area contributed by atoms with Crippen molar-refractivity contribution in [3.05, 3.63) is 12.4 Å². The van der Waals surface area contributed by atoms with E-state index in [1.54, 1.807) is 10.9 Å².